The summed E-state index contributed by atoms with van der Waals surface area (Å²) >= 11 is 0. The number of aliphatic hydroxyl groups is 1. The molecular formula is C19H34N2O6. The van der Waals surface area contributed by atoms with Gasteiger partial charge in [-0.05, 0) is 67.2 Å². The zero-order valence-corrected chi connectivity index (χ0v) is 17.3. The van der Waals surface area contributed by atoms with Gasteiger partial charge in [-0.25, -0.2) is 14.5 Å². The molecule has 156 valence electrons. The van der Waals surface area contributed by atoms with Crippen LogP contribution >= 0.6 is 0 Å². The first-order valence-electron chi connectivity index (χ1n) is 9.49. The molecule has 0 bridgehead atoms. The zero-order chi connectivity index (χ0) is 20.8. The molecule has 2 atom stereocenters. The van der Waals surface area contributed by atoms with Gasteiger partial charge in [0.05, 0.1) is 12.0 Å². The van der Waals surface area contributed by atoms with Gasteiger partial charge >= 0.3 is 12.2 Å². The highest BCUT2D eigenvalue weighted by Gasteiger charge is 2.41. The van der Waals surface area contributed by atoms with Crippen LogP contribution in [0.25, 0.3) is 0 Å². The average molecular weight is 386 g/mol. The fraction of sp³-hybridized carbons (Fsp3) is 0.842. The molecule has 1 rings (SSSR count). The zero-order valence-electron chi connectivity index (χ0n) is 17.3. The van der Waals surface area contributed by atoms with Gasteiger partial charge in [-0.15, -0.1) is 0 Å². The van der Waals surface area contributed by atoms with Gasteiger partial charge < -0.3 is 19.9 Å². The molecule has 27 heavy (non-hydrogen) atoms. The molecule has 0 aromatic carbocycles. The molecule has 1 heterocycles. The number of nitrogens with zero attached hydrogens (tertiary/aromatic N) is 1. The van der Waals surface area contributed by atoms with E-state index in [0.29, 0.717) is 32.2 Å². The highest BCUT2D eigenvalue weighted by Crippen LogP contribution is 2.26. The van der Waals surface area contributed by atoms with Gasteiger partial charge in [0, 0.05) is 13.1 Å². The summed E-state index contributed by atoms with van der Waals surface area (Å²) in [5, 5.41) is 13.0. The van der Waals surface area contributed by atoms with Crippen LogP contribution in [0.1, 0.15) is 67.2 Å². The lowest BCUT2D eigenvalue weighted by Gasteiger charge is -2.24. The first kappa shape index (κ1) is 23.2. The number of carbonyl (C=O) groups is 3. The van der Waals surface area contributed by atoms with E-state index in [-0.39, 0.29) is 12.5 Å². The Bertz CT molecular complexity index is 535. The summed E-state index contributed by atoms with van der Waals surface area (Å²) in [7, 11) is 0. The maximum absolute atomic E-state index is 12.4. The molecule has 2 N–H and O–H groups in total. The third-order valence-electron chi connectivity index (χ3n) is 3.92. The van der Waals surface area contributed by atoms with E-state index in [1.54, 1.807) is 41.5 Å². The van der Waals surface area contributed by atoms with Gasteiger partial charge in [0.1, 0.15) is 11.2 Å². The number of ether oxygens (including phenoxy) is 2. The number of hydrogen-bond donors (Lipinski definition) is 2. The Kier molecular flexibility index (Phi) is 8.07. The molecule has 1 fully saturated rings. The van der Waals surface area contributed by atoms with Gasteiger partial charge in [-0.3, -0.25) is 4.79 Å². The average Bonchev–Trinajstić information content (AvgIpc) is 2.85. The fourth-order valence-corrected chi connectivity index (χ4v) is 2.74. The van der Waals surface area contributed by atoms with Crippen molar-refractivity contribution in [1.82, 2.24) is 10.2 Å². The second-order valence-corrected chi connectivity index (χ2v) is 8.86. The van der Waals surface area contributed by atoms with Crippen LogP contribution in [0.2, 0.25) is 0 Å². The number of hydrogen-bond acceptors (Lipinski definition) is 6. The molecule has 0 radical (unpaired) electrons. The number of aliphatic hydroxyl groups excluding tert-OH is 1. The Morgan fingerprint density at radius 2 is 1.74 bits per heavy atom. The molecule has 8 heteroatoms. The summed E-state index contributed by atoms with van der Waals surface area (Å²) in [5.74, 6) is -0.972. The Hall–Kier alpha value is -1.83. The Balaban J connectivity index is 2.31. The van der Waals surface area contributed by atoms with Crippen LogP contribution in [0.15, 0.2) is 0 Å². The van der Waals surface area contributed by atoms with E-state index in [4.69, 9.17) is 9.47 Å². The summed E-state index contributed by atoms with van der Waals surface area (Å²) in [6, 6.07) is 0. The number of imide groups is 1. The molecule has 8 nitrogen and oxygen atoms in total. The van der Waals surface area contributed by atoms with E-state index in [1.807, 2.05) is 0 Å². The molecule has 1 saturated heterocycles. The first-order chi connectivity index (χ1) is 12.3. The van der Waals surface area contributed by atoms with Crippen molar-refractivity contribution in [3.05, 3.63) is 0 Å². The van der Waals surface area contributed by atoms with Crippen molar-refractivity contribution >= 4 is 18.1 Å². The van der Waals surface area contributed by atoms with E-state index in [1.165, 1.54) is 0 Å². The van der Waals surface area contributed by atoms with Gasteiger partial charge in [-0.2, -0.15) is 0 Å². The quantitative estimate of drug-likeness (QED) is 0.680. The largest absolute Gasteiger partial charge is 0.444 e. The smallest absolute Gasteiger partial charge is 0.417 e. The summed E-state index contributed by atoms with van der Waals surface area (Å²) in [6.45, 7) is 11.3. The maximum atomic E-state index is 12.4. The van der Waals surface area contributed by atoms with Crippen molar-refractivity contribution in [1.29, 1.82) is 0 Å². The molecule has 0 aromatic heterocycles. The Morgan fingerprint density at radius 1 is 1.15 bits per heavy atom. The minimum Gasteiger partial charge on any atom is -0.444 e. The molecule has 0 aliphatic carbocycles. The van der Waals surface area contributed by atoms with Gasteiger partial charge in [0.25, 0.3) is 0 Å². The summed E-state index contributed by atoms with van der Waals surface area (Å²) in [6.07, 6.45) is 0.210. The number of rotatable bonds is 6. The predicted molar refractivity (Wildman–Crippen MR) is 100 cm³/mol. The number of carbonyl (C=O) groups excluding carboxylic acids is 3. The van der Waals surface area contributed by atoms with E-state index in [9.17, 15) is 19.5 Å². The Morgan fingerprint density at radius 3 is 2.30 bits per heavy atom. The third-order valence-corrected chi connectivity index (χ3v) is 3.92. The normalized spacial score (nSPS) is 19.0. The van der Waals surface area contributed by atoms with E-state index >= 15 is 0 Å². The van der Waals surface area contributed by atoms with Crippen molar-refractivity contribution in [2.75, 3.05) is 13.1 Å². The van der Waals surface area contributed by atoms with Crippen LogP contribution in [-0.2, 0) is 14.3 Å². The number of alkyl carbamates (subject to hydrolysis) is 1. The van der Waals surface area contributed by atoms with Gasteiger partial charge in [0.2, 0.25) is 5.91 Å². The van der Waals surface area contributed by atoms with Crippen LogP contribution in [0, 0.1) is 5.92 Å². The molecule has 0 aromatic rings. The van der Waals surface area contributed by atoms with E-state index < -0.39 is 35.4 Å². The highest BCUT2D eigenvalue weighted by molar-refractivity contribution is 5.95. The maximum Gasteiger partial charge on any atom is 0.417 e. The number of nitrogens with one attached hydrogen (secondary N) is 1. The van der Waals surface area contributed by atoms with Gasteiger partial charge in [-0.1, -0.05) is 0 Å². The fourth-order valence-electron chi connectivity index (χ4n) is 2.74. The summed E-state index contributed by atoms with van der Waals surface area (Å²) in [4.78, 5) is 37.0. The molecular weight excluding hydrogens is 352 g/mol. The SMILES string of the molecule is CC(C)(C)OC(=O)NCCCCC(O)C1CCN(C(=O)OC(C)(C)C)C1=O. The second kappa shape index (κ2) is 9.39. The van der Waals surface area contributed by atoms with Crippen molar-refractivity contribution < 1.29 is 29.0 Å². The van der Waals surface area contributed by atoms with Crippen LogP contribution in [0.4, 0.5) is 9.59 Å². The molecule has 1 aliphatic rings. The first-order valence-corrected chi connectivity index (χ1v) is 9.49. The standard InChI is InChI=1S/C19H34N2O6/c1-18(2,3)26-16(24)20-11-8-7-9-14(22)13-10-12-21(15(13)23)17(25)27-19(4,5)6/h13-14,22H,7-12H2,1-6H3,(H,20,24). The molecule has 0 spiro atoms. The minimum atomic E-state index is -0.813. The molecule has 3 amide bonds. The second-order valence-electron chi connectivity index (χ2n) is 8.86. The highest BCUT2D eigenvalue weighted by atomic mass is 16.6. The van der Waals surface area contributed by atoms with Crippen LogP contribution in [-0.4, -0.2) is 58.5 Å². The molecule has 1 aliphatic heterocycles. The molecule has 0 saturated carbocycles. The lowest BCUT2D eigenvalue weighted by molar-refractivity contribution is -0.133. The molecule has 2 unspecified atom stereocenters. The van der Waals surface area contributed by atoms with Gasteiger partial charge in [0.15, 0.2) is 0 Å². The van der Waals surface area contributed by atoms with Crippen LogP contribution in [0.3, 0.4) is 0 Å². The number of unbranched alkanes of at least 4 members (excludes halogenated alkanes) is 1. The van der Waals surface area contributed by atoms with Crippen LogP contribution < -0.4 is 5.32 Å². The van der Waals surface area contributed by atoms with Crippen LogP contribution in [0.5, 0.6) is 0 Å². The predicted octanol–water partition coefficient (Wildman–Crippen LogP) is 2.83. The Labute approximate surface area is 161 Å². The van der Waals surface area contributed by atoms with Crippen molar-refractivity contribution in [3.63, 3.8) is 0 Å². The van der Waals surface area contributed by atoms with Crippen molar-refractivity contribution in [3.8, 4) is 0 Å². The number of likely N-dealkylation sites (tertiary alicyclic amines) is 1. The lowest BCUT2D eigenvalue weighted by atomic mass is 9.96. The summed E-state index contributed by atoms with van der Waals surface area (Å²) < 4.78 is 10.4. The number of amides is 3. The minimum absolute atomic E-state index is 0.260. The topological polar surface area (TPSA) is 105 Å². The van der Waals surface area contributed by atoms with Crippen molar-refractivity contribution in [2.45, 2.75) is 84.5 Å². The third kappa shape index (κ3) is 8.60. The summed E-state index contributed by atoms with van der Waals surface area (Å²) in [5.41, 5.74) is -1.21. The lowest BCUT2D eigenvalue weighted by Crippen LogP contribution is -2.40. The van der Waals surface area contributed by atoms with E-state index in [0.717, 1.165) is 4.90 Å². The monoisotopic (exact) mass is 386 g/mol. The van der Waals surface area contributed by atoms with E-state index in [2.05, 4.69) is 5.32 Å². The van der Waals surface area contributed by atoms with Crippen molar-refractivity contribution in [2.24, 2.45) is 5.92 Å².